The number of halogens is 3. The predicted octanol–water partition coefficient (Wildman–Crippen LogP) is 3.24. The second-order valence-electron chi connectivity index (χ2n) is 6.87. The van der Waals surface area contributed by atoms with Crippen LogP contribution in [0.2, 0.25) is 0 Å². The van der Waals surface area contributed by atoms with Crippen molar-refractivity contribution in [2.75, 3.05) is 23.7 Å². The molecule has 1 aliphatic rings. The first-order valence-corrected chi connectivity index (χ1v) is 9.20. The SMILES string of the molecule is O=c1[nH]cnc2cc(N[C@@H]3CCCNC3)nc(Nc3ccc(C(F)(F)F)cc3)c12. The summed E-state index contributed by atoms with van der Waals surface area (Å²) in [5.41, 5.74) is -0.320. The third-order valence-electron chi connectivity index (χ3n) is 4.75. The van der Waals surface area contributed by atoms with Gasteiger partial charge in [-0.05, 0) is 43.7 Å². The van der Waals surface area contributed by atoms with Gasteiger partial charge >= 0.3 is 6.18 Å². The van der Waals surface area contributed by atoms with Crippen LogP contribution in [0.5, 0.6) is 0 Å². The molecule has 0 saturated carbocycles. The minimum atomic E-state index is -4.41. The summed E-state index contributed by atoms with van der Waals surface area (Å²) in [5, 5.41) is 9.82. The summed E-state index contributed by atoms with van der Waals surface area (Å²) in [6.07, 6.45) is -1.09. The standard InChI is InChI=1S/C19H19F3N6O/c20-19(21,22)11-3-5-12(6-4-11)27-17-16-14(24-10-25-18(16)29)8-15(28-17)26-13-2-1-7-23-9-13/h3-6,8,10,13,23H,1-2,7,9H2,(H,24,25,29)(H2,26,27,28)/t13-/m1/s1. The van der Waals surface area contributed by atoms with Gasteiger partial charge < -0.3 is 20.9 Å². The number of hydrogen-bond donors (Lipinski definition) is 4. The number of aromatic amines is 1. The van der Waals surface area contributed by atoms with Gasteiger partial charge in [0.2, 0.25) is 0 Å². The number of alkyl halides is 3. The lowest BCUT2D eigenvalue weighted by atomic mass is 10.1. The maximum absolute atomic E-state index is 12.8. The van der Waals surface area contributed by atoms with Gasteiger partial charge in [0.25, 0.3) is 5.56 Å². The topological polar surface area (TPSA) is 94.7 Å². The van der Waals surface area contributed by atoms with E-state index >= 15 is 0 Å². The molecule has 0 amide bonds. The molecule has 1 aromatic carbocycles. The highest BCUT2D eigenvalue weighted by atomic mass is 19.4. The second-order valence-corrected chi connectivity index (χ2v) is 6.87. The molecule has 10 heteroatoms. The molecule has 1 saturated heterocycles. The van der Waals surface area contributed by atoms with Crippen LogP contribution in [0.25, 0.3) is 10.9 Å². The molecule has 1 atom stereocenters. The lowest BCUT2D eigenvalue weighted by Gasteiger charge is -2.24. The highest BCUT2D eigenvalue weighted by Crippen LogP contribution is 2.31. The van der Waals surface area contributed by atoms with Gasteiger partial charge in [0.05, 0.1) is 17.4 Å². The lowest BCUT2D eigenvalue weighted by Crippen LogP contribution is -2.38. The van der Waals surface area contributed by atoms with E-state index in [-0.39, 0.29) is 22.8 Å². The first-order chi connectivity index (χ1) is 13.9. The van der Waals surface area contributed by atoms with Crippen molar-refractivity contribution < 1.29 is 13.2 Å². The van der Waals surface area contributed by atoms with Gasteiger partial charge in [0.15, 0.2) is 0 Å². The number of H-pyrrole nitrogens is 1. The zero-order valence-electron chi connectivity index (χ0n) is 15.3. The van der Waals surface area contributed by atoms with Crippen LogP contribution in [0, 0.1) is 0 Å². The van der Waals surface area contributed by atoms with E-state index in [0.29, 0.717) is 17.0 Å². The van der Waals surface area contributed by atoms with Crippen molar-refractivity contribution in [1.29, 1.82) is 0 Å². The molecular formula is C19H19F3N6O. The highest BCUT2D eigenvalue weighted by molar-refractivity contribution is 5.92. The monoisotopic (exact) mass is 404 g/mol. The van der Waals surface area contributed by atoms with E-state index in [9.17, 15) is 18.0 Å². The average molecular weight is 404 g/mol. The third kappa shape index (κ3) is 4.32. The van der Waals surface area contributed by atoms with Gasteiger partial charge in [-0.15, -0.1) is 0 Å². The summed E-state index contributed by atoms with van der Waals surface area (Å²) in [5.74, 6) is 0.765. The number of fused-ring (bicyclic) bond motifs is 1. The van der Waals surface area contributed by atoms with Crippen molar-refractivity contribution in [3.8, 4) is 0 Å². The van der Waals surface area contributed by atoms with Crippen molar-refractivity contribution >= 4 is 28.2 Å². The first kappa shape index (κ1) is 19.2. The normalized spacial score (nSPS) is 17.3. The predicted molar refractivity (Wildman–Crippen MR) is 104 cm³/mol. The Hall–Kier alpha value is -3.14. The Morgan fingerprint density at radius 3 is 2.66 bits per heavy atom. The number of piperidine rings is 1. The number of aromatic nitrogens is 3. The zero-order valence-corrected chi connectivity index (χ0v) is 15.3. The fourth-order valence-corrected chi connectivity index (χ4v) is 3.32. The number of pyridine rings is 1. The first-order valence-electron chi connectivity index (χ1n) is 9.20. The quantitative estimate of drug-likeness (QED) is 0.533. The largest absolute Gasteiger partial charge is 0.416 e. The molecule has 7 nitrogen and oxygen atoms in total. The van der Waals surface area contributed by atoms with Gasteiger partial charge in [-0.25, -0.2) is 9.97 Å². The summed E-state index contributed by atoms with van der Waals surface area (Å²) in [6, 6.07) is 6.43. The Morgan fingerprint density at radius 2 is 1.97 bits per heavy atom. The summed E-state index contributed by atoms with van der Waals surface area (Å²) in [6.45, 7) is 1.77. The molecule has 3 aromatic rings. The zero-order chi connectivity index (χ0) is 20.4. The maximum Gasteiger partial charge on any atom is 0.416 e. The molecule has 1 aliphatic heterocycles. The van der Waals surface area contributed by atoms with E-state index in [1.165, 1.54) is 18.5 Å². The summed E-state index contributed by atoms with van der Waals surface area (Å²) in [4.78, 5) is 23.5. The number of benzene rings is 1. The van der Waals surface area contributed by atoms with Crippen LogP contribution < -0.4 is 21.5 Å². The molecule has 4 N–H and O–H groups in total. The molecule has 0 spiro atoms. The molecule has 1 fully saturated rings. The molecule has 29 heavy (non-hydrogen) atoms. The molecule has 0 unspecified atom stereocenters. The maximum atomic E-state index is 12.8. The van der Waals surface area contributed by atoms with E-state index in [2.05, 4.69) is 30.9 Å². The Kier molecular flexibility index (Phi) is 5.10. The van der Waals surface area contributed by atoms with E-state index in [1.54, 1.807) is 6.07 Å². The fraction of sp³-hybridized carbons (Fsp3) is 0.316. The van der Waals surface area contributed by atoms with Crippen LogP contribution in [0.1, 0.15) is 18.4 Å². The van der Waals surface area contributed by atoms with E-state index in [4.69, 9.17) is 0 Å². The van der Waals surface area contributed by atoms with Crippen molar-refractivity contribution in [2.45, 2.75) is 25.1 Å². The molecule has 3 heterocycles. The van der Waals surface area contributed by atoms with Crippen molar-refractivity contribution in [3.05, 3.63) is 52.6 Å². The molecule has 2 aromatic heterocycles. The fourth-order valence-electron chi connectivity index (χ4n) is 3.32. The van der Waals surface area contributed by atoms with E-state index < -0.39 is 11.7 Å². The number of nitrogens with zero attached hydrogens (tertiary/aromatic N) is 2. The average Bonchev–Trinajstić information content (AvgIpc) is 2.68. The highest BCUT2D eigenvalue weighted by Gasteiger charge is 2.30. The van der Waals surface area contributed by atoms with Gasteiger partial charge in [-0.1, -0.05) is 0 Å². The summed E-state index contributed by atoms with van der Waals surface area (Å²) in [7, 11) is 0. The van der Waals surface area contributed by atoms with E-state index in [1.807, 2.05) is 0 Å². The summed E-state index contributed by atoms with van der Waals surface area (Å²) >= 11 is 0. The van der Waals surface area contributed by atoms with Crippen LogP contribution in [0.15, 0.2) is 41.5 Å². The van der Waals surface area contributed by atoms with E-state index in [0.717, 1.165) is 38.1 Å². The Labute approximate surface area is 163 Å². The molecular weight excluding hydrogens is 385 g/mol. The van der Waals surface area contributed by atoms with Crippen LogP contribution in [-0.4, -0.2) is 34.1 Å². The number of anilines is 3. The molecule has 0 bridgehead atoms. The minimum Gasteiger partial charge on any atom is -0.366 e. The Bertz CT molecular complexity index is 1060. The van der Waals surface area contributed by atoms with Gasteiger partial charge in [-0.2, -0.15) is 13.2 Å². The van der Waals surface area contributed by atoms with Crippen LogP contribution in [0.4, 0.5) is 30.5 Å². The van der Waals surface area contributed by atoms with Gasteiger partial charge in [0, 0.05) is 24.3 Å². The van der Waals surface area contributed by atoms with Crippen molar-refractivity contribution in [3.63, 3.8) is 0 Å². The number of hydrogen-bond acceptors (Lipinski definition) is 6. The van der Waals surface area contributed by atoms with Gasteiger partial charge in [0.1, 0.15) is 17.0 Å². The lowest BCUT2D eigenvalue weighted by molar-refractivity contribution is -0.137. The van der Waals surface area contributed by atoms with Crippen molar-refractivity contribution in [2.24, 2.45) is 0 Å². The minimum absolute atomic E-state index is 0.189. The third-order valence-corrected chi connectivity index (χ3v) is 4.75. The number of nitrogens with one attached hydrogen (secondary N) is 4. The smallest absolute Gasteiger partial charge is 0.366 e. The summed E-state index contributed by atoms with van der Waals surface area (Å²) < 4.78 is 38.3. The molecule has 4 rings (SSSR count). The molecule has 0 radical (unpaired) electrons. The Balaban J connectivity index is 1.68. The molecule has 152 valence electrons. The van der Waals surface area contributed by atoms with Crippen LogP contribution in [0.3, 0.4) is 0 Å². The second kappa shape index (κ2) is 7.70. The Morgan fingerprint density at radius 1 is 1.17 bits per heavy atom. The van der Waals surface area contributed by atoms with Crippen LogP contribution >= 0.6 is 0 Å². The molecule has 0 aliphatic carbocycles. The van der Waals surface area contributed by atoms with Crippen molar-refractivity contribution in [1.82, 2.24) is 20.3 Å². The van der Waals surface area contributed by atoms with Gasteiger partial charge in [-0.3, -0.25) is 4.79 Å². The van der Waals surface area contributed by atoms with Crippen LogP contribution in [-0.2, 0) is 6.18 Å². The number of rotatable bonds is 4.